The van der Waals surface area contributed by atoms with E-state index in [0.29, 0.717) is 46.7 Å². The van der Waals surface area contributed by atoms with Crippen LogP contribution < -0.4 is 14.8 Å². The first kappa shape index (κ1) is 17.0. The molecular weight excluding hydrogens is 370 g/mol. The Kier molecular flexibility index (Phi) is 4.43. The highest BCUT2D eigenvalue weighted by atomic mass is 32.1. The summed E-state index contributed by atoms with van der Waals surface area (Å²) in [5.74, 6) is 0.817. The van der Waals surface area contributed by atoms with Crippen LogP contribution in [0.2, 0.25) is 0 Å². The number of hydrogen-bond acceptors (Lipinski definition) is 7. The molecule has 3 aromatic rings. The van der Waals surface area contributed by atoms with Gasteiger partial charge in [-0.15, -0.1) is 11.3 Å². The molecule has 2 heterocycles. The van der Waals surface area contributed by atoms with E-state index in [9.17, 15) is 14.9 Å². The van der Waals surface area contributed by atoms with Gasteiger partial charge in [0.15, 0.2) is 16.6 Å². The molecule has 0 aliphatic carbocycles. The molecule has 0 bridgehead atoms. The van der Waals surface area contributed by atoms with E-state index in [1.54, 1.807) is 35.7 Å². The van der Waals surface area contributed by atoms with Crippen LogP contribution in [0.1, 0.15) is 10.4 Å². The number of ether oxygens (including phenoxy) is 2. The number of carbonyl (C=O) groups is 1. The third-order valence-corrected chi connectivity index (χ3v) is 4.64. The highest BCUT2D eigenvalue weighted by molar-refractivity contribution is 7.14. The number of nitro groups is 1. The zero-order chi connectivity index (χ0) is 18.8. The molecule has 0 spiro atoms. The second-order valence-corrected chi connectivity index (χ2v) is 6.52. The van der Waals surface area contributed by atoms with Crippen molar-refractivity contribution in [1.29, 1.82) is 0 Å². The minimum Gasteiger partial charge on any atom is -0.486 e. The molecule has 136 valence electrons. The summed E-state index contributed by atoms with van der Waals surface area (Å²) in [4.78, 5) is 27.2. The first-order chi connectivity index (χ1) is 13.1. The maximum atomic E-state index is 12.5. The van der Waals surface area contributed by atoms with Crippen LogP contribution in [0.3, 0.4) is 0 Å². The number of carbonyl (C=O) groups excluding carboxylic acids is 1. The predicted octanol–water partition coefficient (Wildman–Crippen LogP) is 3.74. The lowest BCUT2D eigenvalue weighted by atomic mass is 10.1. The molecule has 1 aliphatic heterocycles. The lowest BCUT2D eigenvalue weighted by Gasteiger charge is -2.18. The molecule has 4 rings (SSSR count). The van der Waals surface area contributed by atoms with Gasteiger partial charge in [0.25, 0.3) is 11.6 Å². The standard InChI is InChI=1S/C18H13N3O5S/c22-17(12-4-5-15-16(9-12)26-7-6-25-15)20-18-19-14(10-27-18)11-2-1-3-13(8-11)21(23)24/h1-5,8-10H,6-7H2,(H,19,20,22). The predicted molar refractivity (Wildman–Crippen MR) is 99.6 cm³/mol. The second-order valence-electron chi connectivity index (χ2n) is 5.66. The summed E-state index contributed by atoms with van der Waals surface area (Å²) in [6, 6.07) is 11.2. The van der Waals surface area contributed by atoms with Gasteiger partial charge >= 0.3 is 0 Å². The van der Waals surface area contributed by atoms with Crippen molar-refractivity contribution in [2.45, 2.75) is 0 Å². The van der Waals surface area contributed by atoms with Crippen LogP contribution in [0.4, 0.5) is 10.8 Å². The summed E-state index contributed by atoms with van der Waals surface area (Å²) in [6.07, 6.45) is 0. The van der Waals surface area contributed by atoms with Gasteiger partial charge in [-0.05, 0) is 18.2 Å². The normalized spacial score (nSPS) is 12.4. The lowest BCUT2D eigenvalue weighted by molar-refractivity contribution is -0.384. The minimum atomic E-state index is -0.458. The van der Waals surface area contributed by atoms with Gasteiger partial charge in [-0.2, -0.15) is 0 Å². The molecule has 0 unspecified atom stereocenters. The van der Waals surface area contributed by atoms with Crippen LogP contribution >= 0.6 is 11.3 Å². The van der Waals surface area contributed by atoms with Crippen LogP contribution in [-0.4, -0.2) is 29.0 Å². The number of benzene rings is 2. The Morgan fingerprint density at radius 3 is 2.78 bits per heavy atom. The van der Waals surface area contributed by atoms with Crippen molar-refractivity contribution < 1.29 is 19.2 Å². The number of anilines is 1. The fraction of sp³-hybridized carbons (Fsp3) is 0.111. The van der Waals surface area contributed by atoms with Gasteiger partial charge in [0.1, 0.15) is 13.2 Å². The van der Waals surface area contributed by atoms with E-state index < -0.39 is 4.92 Å². The largest absolute Gasteiger partial charge is 0.486 e. The van der Waals surface area contributed by atoms with E-state index in [4.69, 9.17) is 9.47 Å². The highest BCUT2D eigenvalue weighted by Gasteiger charge is 2.16. The average Bonchev–Trinajstić information content (AvgIpc) is 3.16. The van der Waals surface area contributed by atoms with Crippen molar-refractivity contribution in [1.82, 2.24) is 4.98 Å². The number of non-ortho nitro benzene ring substituents is 1. The smallest absolute Gasteiger partial charge is 0.270 e. The van der Waals surface area contributed by atoms with Gasteiger partial charge in [-0.3, -0.25) is 20.2 Å². The number of nitro benzene ring substituents is 1. The number of thiazole rings is 1. The third-order valence-electron chi connectivity index (χ3n) is 3.88. The molecule has 1 aromatic heterocycles. The monoisotopic (exact) mass is 383 g/mol. The van der Waals surface area contributed by atoms with E-state index >= 15 is 0 Å². The maximum Gasteiger partial charge on any atom is 0.270 e. The number of amides is 1. The van der Waals surface area contributed by atoms with Gasteiger partial charge < -0.3 is 9.47 Å². The van der Waals surface area contributed by atoms with Crippen LogP contribution in [0.15, 0.2) is 47.8 Å². The molecule has 1 amide bonds. The Morgan fingerprint density at radius 2 is 1.96 bits per heavy atom. The first-order valence-electron chi connectivity index (χ1n) is 8.01. The Hall–Kier alpha value is -3.46. The van der Waals surface area contributed by atoms with Crippen LogP contribution in [-0.2, 0) is 0 Å². The molecule has 0 atom stereocenters. The average molecular weight is 383 g/mol. The molecule has 0 fully saturated rings. The topological polar surface area (TPSA) is 104 Å². The molecule has 1 aliphatic rings. The summed E-state index contributed by atoms with van der Waals surface area (Å²) < 4.78 is 10.9. The zero-order valence-electron chi connectivity index (χ0n) is 13.9. The molecule has 0 saturated carbocycles. The molecule has 0 saturated heterocycles. The maximum absolute atomic E-state index is 12.5. The van der Waals surface area contributed by atoms with Crippen molar-refractivity contribution >= 4 is 28.1 Å². The molecule has 9 heteroatoms. The molecule has 1 N–H and O–H groups in total. The van der Waals surface area contributed by atoms with Crippen molar-refractivity contribution in [3.05, 3.63) is 63.5 Å². The van der Waals surface area contributed by atoms with Crippen LogP contribution in [0, 0.1) is 10.1 Å². The third kappa shape index (κ3) is 3.58. The van der Waals surface area contributed by atoms with Crippen molar-refractivity contribution in [3.8, 4) is 22.8 Å². The fourth-order valence-electron chi connectivity index (χ4n) is 2.60. The first-order valence-corrected chi connectivity index (χ1v) is 8.89. The minimum absolute atomic E-state index is 0.0117. The summed E-state index contributed by atoms with van der Waals surface area (Å²) in [7, 11) is 0. The van der Waals surface area contributed by atoms with Crippen LogP contribution in [0.5, 0.6) is 11.5 Å². The lowest BCUT2D eigenvalue weighted by Crippen LogP contribution is -2.17. The summed E-state index contributed by atoms with van der Waals surface area (Å²) in [6.45, 7) is 0.926. The Bertz CT molecular complexity index is 1030. The number of aromatic nitrogens is 1. The van der Waals surface area contributed by atoms with Crippen molar-refractivity contribution in [2.75, 3.05) is 18.5 Å². The van der Waals surface area contributed by atoms with Crippen molar-refractivity contribution in [2.24, 2.45) is 0 Å². The highest BCUT2D eigenvalue weighted by Crippen LogP contribution is 2.31. The number of hydrogen-bond donors (Lipinski definition) is 1. The Morgan fingerprint density at radius 1 is 1.15 bits per heavy atom. The van der Waals surface area contributed by atoms with Gasteiger partial charge in [0, 0.05) is 28.6 Å². The number of nitrogens with one attached hydrogen (secondary N) is 1. The number of nitrogens with zero attached hydrogens (tertiary/aromatic N) is 2. The van der Waals surface area contributed by atoms with Gasteiger partial charge in [0.05, 0.1) is 10.6 Å². The van der Waals surface area contributed by atoms with Gasteiger partial charge in [0.2, 0.25) is 0 Å². The molecular formula is C18H13N3O5S. The molecule has 8 nitrogen and oxygen atoms in total. The number of fused-ring (bicyclic) bond motifs is 1. The zero-order valence-corrected chi connectivity index (χ0v) is 14.7. The van der Waals surface area contributed by atoms with E-state index in [1.807, 2.05) is 0 Å². The quantitative estimate of drug-likeness (QED) is 0.544. The molecule has 2 aromatic carbocycles. The van der Waals surface area contributed by atoms with E-state index in [2.05, 4.69) is 10.3 Å². The fourth-order valence-corrected chi connectivity index (χ4v) is 3.31. The van der Waals surface area contributed by atoms with Crippen LogP contribution in [0.25, 0.3) is 11.3 Å². The molecule has 0 radical (unpaired) electrons. The van der Waals surface area contributed by atoms with E-state index in [1.165, 1.54) is 23.5 Å². The van der Waals surface area contributed by atoms with Crippen molar-refractivity contribution in [3.63, 3.8) is 0 Å². The Balaban J connectivity index is 1.52. The van der Waals surface area contributed by atoms with E-state index in [-0.39, 0.29) is 11.6 Å². The summed E-state index contributed by atoms with van der Waals surface area (Å²) >= 11 is 1.24. The second kappa shape index (κ2) is 7.04. The Labute approximate surface area is 157 Å². The van der Waals surface area contributed by atoms with Gasteiger partial charge in [-0.1, -0.05) is 12.1 Å². The summed E-state index contributed by atoms with van der Waals surface area (Å²) in [5, 5.41) is 15.8. The number of rotatable bonds is 4. The molecule has 27 heavy (non-hydrogen) atoms. The van der Waals surface area contributed by atoms with E-state index in [0.717, 1.165) is 0 Å². The van der Waals surface area contributed by atoms with Gasteiger partial charge in [-0.25, -0.2) is 4.98 Å². The SMILES string of the molecule is O=C(Nc1nc(-c2cccc([N+](=O)[O-])c2)cs1)c1ccc2c(c1)OCCO2. The summed E-state index contributed by atoms with van der Waals surface area (Å²) in [5.41, 5.74) is 1.58.